The van der Waals surface area contributed by atoms with Crippen LogP contribution >= 0.6 is 0 Å². The van der Waals surface area contributed by atoms with Crippen molar-refractivity contribution in [1.82, 2.24) is 0 Å². The van der Waals surface area contributed by atoms with Crippen molar-refractivity contribution < 1.29 is 21.7 Å². The zero-order chi connectivity index (χ0) is 14.8. The Hall–Kier alpha value is 0.108. The quantitative estimate of drug-likeness (QED) is 0.457. The van der Waals surface area contributed by atoms with Gasteiger partial charge < -0.3 is 5.67 Å². The molecule has 2 rings (SSSR count). The predicted molar refractivity (Wildman–Crippen MR) is 94.1 cm³/mol. The van der Waals surface area contributed by atoms with Crippen LogP contribution in [-0.4, -0.2) is 16.1 Å². The van der Waals surface area contributed by atoms with E-state index >= 15 is 0 Å². The maximum Gasteiger partial charge on any atom is 3.00 e. The molecule has 0 atom stereocenters. The first-order chi connectivity index (χ1) is 8.71. The molecule has 0 aromatic carbocycles. The van der Waals surface area contributed by atoms with Gasteiger partial charge in [0.25, 0.3) is 0 Å². The van der Waals surface area contributed by atoms with Gasteiger partial charge in [-0.2, -0.15) is 12.2 Å². The molecule has 2 aliphatic rings. The molecule has 0 saturated carbocycles. The van der Waals surface area contributed by atoms with Gasteiger partial charge in [0, 0.05) is 0 Å². The Morgan fingerprint density at radius 1 is 0.750 bits per heavy atom. The molecule has 0 bridgehead atoms. The molecule has 0 aromatic rings. The molecule has 0 aromatic heterocycles. The van der Waals surface area contributed by atoms with Crippen molar-refractivity contribution in [1.29, 1.82) is 0 Å². The Morgan fingerprint density at radius 2 is 1.10 bits per heavy atom. The number of allylic oxidation sites excluding steroid dienone is 8. The van der Waals surface area contributed by atoms with Gasteiger partial charge in [0.1, 0.15) is 0 Å². The fourth-order valence-corrected chi connectivity index (χ4v) is 12.4. The van der Waals surface area contributed by atoms with E-state index in [4.69, 9.17) is 0 Å². The summed E-state index contributed by atoms with van der Waals surface area (Å²) in [6, 6.07) is 0. The van der Waals surface area contributed by atoms with E-state index in [-0.39, 0.29) is 21.7 Å². The van der Waals surface area contributed by atoms with Gasteiger partial charge in [-0.15, -0.1) is 29.0 Å². The molecule has 1 radical (unpaired) electrons. The molecule has 0 heterocycles. The Labute approximate surface area is 144 Å². The van der Waals surface area contributed by atoms with Crippen LogP contribution < -0.4 is 0 Å². The second kappa shape index (κ2) is 11.7. The fourth-order valence-electron chi connectivity index (χ4n) is 1.98. The van der Waals surface area contributed by atoms with Gasteiger partial charge in [0.2, 0.25) is 0 Å². The summed E-state index contributed by atoms with van der Waals surface area (Å²) < 4.78 is 0. The van der Waals surface area contributed by atoms with E-state index in [1.54, 1.807) is 0 Å². The third-order valence-corrected chi connectivity index (χ3v) is 8.97. The van der Waals surface area contributed by atoms with Crippen LogP contribution in [0, 0.1) is 17.8 Å². The minimum absolute atomic E-state index is 0. The summed E-state index contributed by atoms with van der Waals surface area (Å²) in [7, 11) is -1.71. The molecule has 0 aliphatic heterocycles. The van der Waals surface area contributed by atoms with E-state index in [1.165, 1.54) is 0 Å². The van der Waals surface area contributed by atoms with Gasteiger partial charge in [0.05, 0.1) is 0 Å². The second-order valence-corrected chi connectivity index (χ2v) is 17.5. The van der Waals surface area contributed by atoms with Crippen molar-refractivity contribution in [2.45, 2.75) is 52.1 Å². The summed E-state index contributed by atoms with van der Waals surface area (Å²) in [5.74, 6) is 0. The van der Waals surface area contributed by atoms with Crippen LogP contribution in [0.25, 0.3) is 0 Å². The molecule has 3 heteroatoms. The second-order valence-electron chi connectivity index (χ2n) is 6.88. The monoisotopic (exact) mass is 337 g/mol. The van der Waals surface area contributed by atoms with Gasteiger partial charge in [-0.3, -0.25) is 12.2 Å². The SMILES string of the molecule is C[Si](C)(C)[CH-][Si](C)(C)C.[C-]1=CC=CC1.[C-]1=CC=CC1.[Ti+3]. The standard InChI is InChI=1S/C7H19Si2.2C5H5.Ti/c1-8(2,3)7-9(4,5)6;2*1-2-4-5-3-1;/h7H,1-6H3;2*1-3H,4H2;/q3*-1;+3. The van der Waals surface area contributed by atoms with Crippen LogP contribution in [0.4, 0.5) is 0 Å². The molecule has 0 fully saturated rings. The average molecular weight is 337 g/mol. The van der Waals surface area contributed by atoms with Crippen molar-refractivity contribution >= 4 is 16.1 Å². The molecule has 0 N–H and O–H groups in total. The maximum atomic E-state index is 2.99. The molecule has 0 unspecified atom stereocenters. The van der Waals surface area contributed by atoms with Crippen LogP contribution in [0.2, 0.25) is 39.3 Å². The summed E-state index contributed by atoms with van der Waals surface area (Å²) in [5.41, 5.74) is 2.65. The molecule has 0 spiro atoms. The largest absolute Gasteiger partial charge is 3.00 e. The minimum Gasteiger partial charge on any atom is -0.327 e. The van der Waals surface area contributed by atoms with Crippen molar-refractivity contribution in [3.8, 4) is 0 Å². The van der Waals surface area contributed by atoms with Crippen LogP contribution in [0.15, 0.2) is 36.5 Å². The van der Waals surface area contributed by atoms with E-state index in [9.17, 15) is 0 Å². The fraction of sp³-hybridized carbons (Fsp3) is 0.471. The molecule has 2 aliphatic carbocycles. The summed E-state index contributed by atoms with van der Waals surface area (Å²) in [6.07, 6.45) is 20.0. The van der Waals surface area contributed by atoms with Crippen molar-refractivity contribution in [3.05, 3.63) is 54.3 Å². The summed E-state index contributed by atoms with van der Waals surface area (Å²) in [5, 5.41) is 0. The number of rotatable bonds is 2. The predicted octanol–water partition coefficient (Wildman–Crippen LogP) is 5.55. The summed E-state index contributed by atoms with van der Waals surface area (Å²) >= 11 is 0. The van der Waals surface area contributed by atoms with Gasteiger partial charge >= 0.3 is 21.7 Å². The number of hydrogen-bond donors (Lipinski definition) is 0. The van der Waals surface area contributed by atoms with Crippen LogP contribution in [-0.2, 0) is 21.7 Å². The Bertz CT molecular complexity index is 285. The van der Waals surface area contributed by atoms with Crippen molar-refractivity contribution in [2.24, 2.45) is 0 Å². The van der Waals surface area contributed by atoms with E-state index < -0.39 is 16.1 Å². The molecule has 0 nitrogen and oxygen atoms in total. The van der Waals surface area contributed by atoms with E-state index in [2.05, 4.69) is 69.3 Å². The normalized spacial score (nSPS) is 15.1. The summed E-state index contributed by atoms with van der Waals surface area (Å²) in [4.78, 5) is 0. The molecule has 109 valence electrons. The van der Waals surface area contributed by atoms with Crippen LogP contribution in [0.1, 0.15) is 12.8 Å². The van der Waals surface area contributed by atoms with Gasteiger partial charge in [-0.1, -0.05) is 39.3 Å². The molecular weight excluding hydrogens is 308 g/mol. The first kappa shape index (κ1) is 22.4. The molecule has 20 heavy (non-hydrogen) atoms. The van der Waals surface area contributed by atoms with Gasteiger partial charge in [-0.25, -0.2) is 24.3 Å². The Morgan fingerprint density at radius 3 is 1.15 bits per heavy atom. The summed E-state index contributed by atoms with van der Waals surface area (Å²) in [6.45, 7) is 14.4. The van der Waals surface area contributed by atoms with Crippen molar-refractivity contribution in [3.63, 3.8) is 0 Å². The van der Waals surface area contributed by atoms with Crippen molar-refractivity contribution in [2.75, 3.05) is 0 Å². The third-order valence-electron chi connectivity index (χ3n) is 2.04. The van der Waals surface area contributed by atoms with Crippen LogP contribution in [0.3, 0.4) is 0 Å². The minimum atomic E-state index is -0.856. The third kappa shape index (κ3) is 20.4. The first-order valence-electron chi connectivity index (χ1n) is 7.01. The smallest absolute Gasteiger partial charge is 0.327 e. The number of hydrogen-bond acceptors (Lipinski definition) is 0. The Kier molecular flexibility index (Phi) is 13.1. The van der Waals surface area contributed by atoms with E-state index in [1.807, 2.05) is 24.3 Å². The van der Waals surface area contributed by atoms with E-state index in [0.29, 0.717) is 0 Å². The zero-order valence-corrected chi connectivity index (χ0v) is 17.5. The first-order valence-corrected chi connectivity index (χ1v) is 14.2. The molecule has 0 amide bonds. The van der Waals surface area contributed by atoms with Crippen LogP contribution in [0.5, 0.6) is 0 Å². The maximum absolute atomic E-state index is 2.99. The van der Waals surface area contributed by atoms with E-state index in [0.717, 1.165) is 12.8 Å². The molecule has 0 saturated heterocycles. The van der Waals surface area contributed by atoms with Gasteiger partial charge in [-0.05, 0) is 0 Å². The molecular formula is C17H29Si2Ti. The zero-order valence-electron chi connectivity index (χ0n) is 14.0. The Balaban J connectivity index is 0. The van der Waals surface area contributed by atoms with Gasteiger partial charge in [0.15, 0.2) is 0 Å². The topological polar surface area (TPSA) is 0 Å². The average Bonchev–Trinajstić information content (AvgIpc) is 2.93.